The van der Waals surface area contributed by atoms with Crippen LogP contribution < -0.4 is 5.32 Å². The van der Waals surface area contributed by atoms with Crippen LogP contribution in [0.5, 0.6) is 0 Å². The average Bonchev–Trinajstić information content (AvgIpc) is 2.35. The number of thioether (sulfide) groups is 1. The summed E-state index contributed by atoms with van der Waals surface area (Å²) in [7, 11) is 1.93. The smallest absolute Gasteiger partial charge is 0.239 e. The van der Waals surface area contributed by atoms with Gasteiger partial charge in [-0.3, -0.25) is 4.79 Å². The highest BCUT2D eigenvalue weighted by Gasteiger charge is 2.25. The van der Waals surface area contributed by atoms with Crippen molar-refractivity contribution in [1.29, 1.82) is 0 Å². The fourth-order valence-electron chi connectivity index (χ4n) is 2.01. The number of nitrogens with one attached hydrogen (secondary N) is 1. The maximum Gasteiger partial charge on any atom is 0.239 e. The first-order valence-corrected chi connectivity index (χ1v) is 7.55. The van der Waals surface area contributed by atoms with E-state index in [1.165, 1.54) is 12.8 Å². The quantitative estimate of drug-likeness (QED) is 0.799. The Balaban J connectivity index is 2.38. The summed E-state index contributed by atoms with van der Waals surface area (Å²) in [6.07, 6.45) is 6.57. The van der Waals surface area contributed by atoms with Crippen molar-refractivity contribution in [1.82, 2.24) is 10.2 Å². The van der Waals surface area contributed by atoms with Gasteiger partial charge in [0.15, 0.2) is 0 Å². The second-order valence-electron chi connectivity index (χ2n) is 4.58. The first-order valence-electron chi connectivity index (χ1n) is 6.15. The molecule has 94 valence electrons. The number of hydrogen-bond acceptors (Lipinski definition) is 3. The van der Waals surface area contributed by atoms with Crippen molar-refractivity contribution in [2.24, 2.45) is 0 Å². The molecule has 0 saturated carbocycles. The van der Waals surface area contributed by atoms with E-state index in [0.29, 0.717) is 6.04 Å². The summed E-state index contributed by atoms with van der Waals surface area (Å²) in [5.74, 6) is 1.39. The molecular formula is C12H24N2OS. The topological polar surface area (TPSA) is 32.3 Å². The van der Waals surface area contributed by atoms with Gasteiger partial charge in [-0.15, -0.1) is 0 Å². The van der Waals surface area contributed by atoms with E-state index in [0.717, 1.165) is 25.1 Å². The van der Waals surface area contributed by atoms with E-state index < -0.39 is 0 Å². The first kappa shape index (κ1) is 13.8. The molecule has 0 aromatic rings. The third-order valence-corrected chi connectivity index (χ3v) is 4.00. The van der Waals surface area contributed by atoms with Crippen molar-refractivity contribution in [3.63, 3.8) is 0 Å². The van der Waals surface area contributed by atoms with E-state index in [-0.39, 0.29) is 11.9 Å². The fraction of sp³-hybridized carbons (Fsp3) is 0.917. The lowest BCUT2D eigenvalue weighted by molar-refractivity contribution is -0.134. The highest BCUT2D eigenvalue weighted by atomic mass is 32.2. The zero-order valence-electron chi connectivity index (χ0n) is 10.7. The summed E-state index contributed by atoms with van der Waals surface area (Å²) in [6, 6.07) is 0.416. The van der Waals surface area contributed by atoms with Crippen LogP contribution in [0.4, 0.5) is 0 Å². The number of carbonyl (C=O) groups is 1. The SMILES string of the molecule is CSCCC(C)N(C)C(=O)[C@@H]1CCCCN1. The molecule has 1 saturated heterocycles. The largest absolute Gasteiger partial charge is 0.342 e. The van der Waals surface area contributed by atoms with E-state index in [4.69, 9.17) is 0 Å². The van der Waals surface area contributed by atoms with E-state index in [9.17, 15) is 4.79 Å². The van der Waals surface area contributed by atoms with Crippen LogP contribution >= 0.6 is 11.8 Å². The third-order valence-electron chi connectivity index (χ3n) is 3.36. The van der Waals surface area contributed by atoms with Gasteiger partial charge in [-0.25, -0.2) is 0 Å². The van der Waals surface area contributed by atoms with Crippen LogP contribution in [0.1, 0.15) is 32.6 Å². The molecule has 1 aliphatic rings. The Morgan fingerprint density at radius 2 is 2.31 bits per heavy atom. The summed E-state index contributed by atoms with van der Waals surface area (Å²) < 4.78 is 0. The second kappa shape index (κ2) is 7.17. The number of likely N-dealkylation sites (N-methyl/N-ethyl adjacent to an activating group) is 1. The summed E-state index contributed by atoms with van der Waals surface area (Å²) in [5, 5.41) is 3.31. The molecule has 2 atom stereocenters. The van der Waals surface area contributed by atoms with Gasteiger partial charge >= 0.3 is 0 Å². The monoisotopic (exact) mass is 244 g/mol. The van der Waals surface area contributed by atoms with Crippen molar-refractivity contribution in [2.75, 3.05) is 25.6 Å². The lowest BCUT2D eigenvalue weighted by atomic mass is 10.0. The number of carbonyl (C=O) groups excluding carboxylic acids is 1. The number of rotatable bonds is 5. The van der Waals surface area contributed by atoms with Gasteiger partial charge in [0.2, 0.25) is 5.91 Å². The minimum atomic E-state index is 0.0653. The normalized spacial score (nSPS) is 22.8. The summed E-state index contributed by atoms with van der Waals surface area (Å²) in [5.41, 5.74) is 0. The molecule has 16 heavy (non-hydrogen) atoms. The molecule has 1 rings (SSSR count). The number of amides is 1. The van der Waals surface area contributed by atoms with E-state index in [2.05, 4.69) is 18.5 Å². The first-order chi connectivity index (χ1) is 7.66. The van der Waals surface area contributed by atoms with Crippen molar-refractivity contribution < 1.29 is 4.79 Å². The molecular weight excluding hydrogens is 220 g/mol. The van der Waals surface area contributed by atoms with Crippen LogP contribution in [0.15, 0.2) is 0 Å². The standard InChI is InChI=1S/C12H24N2OS/c1-10(7-9-16-3)14(2)12(15)11-6-4-5-8-13-11/h10-11,13H,4-9H2,1-3H3/t10?,11-/m0/s1. The molecule has 0 bridgehead atoms. The minimum Gasteiger partial charge on any atom is -0.342 e. The summed E-state index contributed by atoms with van der Waals surface area (Å²) in [6.45, 7) is 3.13. The predicted octanol–water partition coefficient (Wildman–Crippen LogP) is 1.73. The van der Waals surface area contributed by atoms with Gasteiger partial charge in [-0.2, -0.15) is 11.8 Å². The highest BCUT2D eigenvalue weighted by molar-refractivity contribution is 7.98. The van der Waals surface area contributed by atoms with Crippen molar-refractivity contribution >= 4 is 17.7 Å². The molecule has 0 radical (unpaired) electrons. The number of hydrogen-bond donors (Lipinski definition) is 1. The van der Waals surface area contributed by atoms with Gasteiger partial charge in [0, 0.05) is 13.1 Å². The summed E-state index contributed by atoms with van der Waals surface area (Å²) >= 11 is 1.84. The van der Waals surface area contributed by atoms with E-state index in [1.807, 2.05) is 23.7 Å². The Kier molecular flexibility index (Phi) is 6.21. The molecule has 3 nitrogen and oxygen atoms in total. The van der Waals surface area contributed by atoms with Gasteiger partial charge in [0.1, 0.15) is 0 Å². The van der Waals surface area contributed by atoms with Crippen LogP contribution in [0.25, 0.3) is 0 Å². The Morgan fingerprint density at radius 3 is 2.88 bits per heavy atom. The molecule has 0 spiro atoms. The zero-order chi connectivity index (χ0) is 12.0. The number of nitrogens with zero attached hydrogens (tertiary/aromatic N) is 1. The van der Waals surface area contributed by atoms with Gasteiger partial charge in [0.05, 0.1) is 6.04 Å². The van der Waals surface area contributed by atoms with E-state index in [1.54, 1.807) is 0 Å². The molecule has 1 fully saturated rings. The van der Waals surface area contributed by atoms with Crippen LogP contribution in [0.3, 0.4) is 0 Å². The highest BCUT2D eigenvalue weighted by Crippen LogP contribution is 2.12. The average molecular weight is 244 g/mol. The molecule has 0 aliphatic carbocycles. The molecule has 4 heteroatoms. The fourth-order valence-corrected chi connectivity index (χ4v) is 2.58. The van der Waals surface area contributed by atoms with Crippen LogP contribution in [0, 0.1) is 0 Å². The van der Waals surface area contributed by atoms with Gasteiger partial charge in [0.25, 0.3) is 0 Å². The van der Waals surface area contributed by atoms with E-state index >= 15 is 0 Å². The maximum absolute atomic E-state index is 12.2. The zero-order valence-corrected chi connectivity index (χ0v) is 11.5. The van der Waals surface area contributed by atoms with Gasteiger partial charge < -0.3 is 10.2 Å². The molecule has 1 unspecified atom stereocenters. The predicted molar refractivity (Wildman–Crippen MR) is 70.9 cm³/mol. The second-order valence-corrected chi connectivity index (χ2v) is 5.57. The molecule has 0 aromatic heterocycles. The minimum absolute atomic E-state index is 0.0653. The molecule has 1 N–H and O–H groups in total. The Morgan fingerprint density at radius 1 is 1.56 bits per heavy atom. The van der Waals surface area contributed by atoms with Crippen LogP contribution in [0.2, 0.25) is 0 Å². The number of piperidine rings is 1. The van der Waals surface area contributed by atoms with Gasteiger partial charge in [-0.1, -0.05) is 6.42 Å². The Hall–Kier alpha value is -0.220. The lowest BCUT2D eigenvalue weighted by Gasteiger charge is -2.31. The van der Waals surface area contributed by atoms with Gasteiger partial charge in [-0.05, 0) is 44.7 Å². The van der Waals surface area contributed by atoms with Crippen molar-refractivity contribution in [3.8, 4) is 0 Å². The Bertz CT molecular complexity index is 217. The lowest BCUT2D eigenvalue weighted by Crippen LogP contribution is -2.49. The summed E-state index contributed by atoms with van der Waals surface area (Å²) in [4.78, 5) is 14.1. The van der Waals surface area contributed by atoms with Crippen molar-refractivity contribution in [3.05, 3.63) is 0 Å². The van der Waals surface area contributed by atoms with Crippen molar-refractivity contribution in [2.45, 2.75) is 44.7 Å². The van der Waals surface area contributed by atoms with Crippen LogP contribution in [-0.2, 0) is 4.79 Å². The third kappa shape index (κ3) is 3.98. The van der Waals surface area contributed by atoms with Crippen LogP contribution in [-0.4, -0.2) is 48.5 Å². The maximum atomic E-state index is 12.2. The Labute approximate surface area is 103 Å². The molecule has 1 heterocycles. The molecule has 1 aliphatic heterocycles. The molecule has 0 aromatic carbocycles. The molecule has 1 amide bonds.